The van der Waals surface area contributed by atoms with Gasteiger partial charge in [0, 0.05) is 15.5 Å². The SMILES string of the molecule is ON=C(C=Cc1ccc(OCc2ccccc2Cl)cc1)C=Cc1cccs1. The number of nitrogens with zero attached hydrogens (tertiary/aromatic N) is 1. The quantitative estimate of drug-likeness (QED) is 0.280. The maximum absolute atomic E-state index is 9.14. The molecule has 1 N–H and O–H groups in total. The van der Waals surface area contributed by atoms with Crippen molar-refractivity contribution in [2.45, 2.75) is 6.61 Å². The van der Waals surface area contributed by atoms with E-state index in [0.29, 0.717) is 17.3 Å². The number of thiophene rings is 1. The van der Waals surface area contributed by atoms with E-state index >= 15 is 0 Å². The number of oxime groups is 1. The number of hydrogen-bond acceptors (Lipinski definition) is 4. The molecule has 0 radical (unpaired) electrons. The molecule has 0 aliphatic heterocycles. The Balaban J connectivity index is 1.58. The van der Waals surface area contributed by atoms with E-state index in [4.69, 9.17) is 21.5 Å². The monoisotopic (exact) mass is 395 g/mol. The summed E-state index contributed by atoms with van der Waals surface area (Å²) in [5.41, 5.74) is 2.40. The van der Waals surface area contributed by atoms with Gasteiger partial charge in [-0.3, -0.25) is 0 Å². The summed E-state index contributed by atoms with van der Waals surface area (Å²) < 4.78 is 5.77. The van der Waals surface area contributed by atoms with E-state index < -0.39 is 0 Å². The molecule has 3 aromatic rings. The van der Waals surface area contributed by atoms with Crippen LogP contribution in [0.2, 0.25) is 5.02 Å². The van der Waals surface area contributed by atoms with Crippen LogP contribution in [0.15, 0.2) is 83.4 Å². The van der Waals surface area contributed by atoms with Crippen LogP contribution < -0.4 is 4.74 Å². The highest BCUT2D eigenvalue weighted by Crippen LogP contribution is 2.19. The van der Waals surface area contributed by atoms with Crippen molar-refractivity contribution in [1.29, 1.82) is 0 Å². The van der Waals surface area contributed by atoms with Gasteiger partial charge >= 0.3 is 0 Å². The summed E-state index contributed by atoms with van der Waals surface area (Å²) in [4.78, 5) is 1.10. The number of hydrogen-bond donors (Lipinski definition) is 1. The van der Waals surface area contributed by atoms with Gasteiger partial charge in [0.15, 0.2) is 0 Å². The van der Waals surface area contributed by atoms with Crippen LogP contribution in [0.25, 0.3) is 12.2 Å². The molecule has 0 saturated carbocycles. The molecule has 0 spiro atoms. The second-order valence-corrected chi connectivity index (χ2v) is 7.04. The second kappa shape index (κ2) is 9.76. The van der Waals surface area contributed by atoms with Crippen LogP contribution in [-0.2, 0) is 6.61 Å². The van der Waals surface area contributed by atoms with E-state index in [2.05, 4.69) is 5.16 Å². The lowest BCUT2D eigenvalue weighted by molar-refractivity contribution is 0.306. The van der Waals surface area contributed by atoms with Crippen molar-refractivity contribution in [3.05, 3.63) is 99.2 Å². The van der Waals surface area contributed by atoms with Crippen molar-refractivity contribution in [3.8, 4) is 5.75 Å². The zero-order valence-electron chi connectivity index (χ0n) is 14.5. The first-order valence-corrected chi connectivity index (χ1v) is 9.58. The Morgan fingerprint density at radius 3 is 2.48 bits per heavy atom. The first-order chi connectivity index (χ1) is 13.2. The third-order valence-electron chi connectivity index (χ3n) is 3.76. The number of benzene rings is 2. The van der Waals surface area contributed by atoms with Crippen LogP contribution in [0.4, 0.5) is 0 Å². The first kappa shape index (κ1) is 19.0. The molecular weight excluding hydrogens is 378 g/mol. The van der Waals surface area contributed by atoms with Gasteiger partial charge in [-0.15, -0.1) is 11.3 Å². The first-order valence-electron chi connectivity index (χ1n) is 8.32. The Hall–Kier alpha value is -2.82. The summed E-state index contributed by atoms with van der Waals surface area (Å²) in [6.07, 6.45) is 7.31. The minimum Gasteiger partial charge on any atom is -0.489 e. The van der Waals surface area contributed by atoms with Gasteiger partial charge in [-0.05, 0) is 53.4 Å². The maximum Gasteiger partial charge on any atom is 0.119 e. The fourth-order valence-electron chi connectivity index (χ4n) is 2.31. The van der Waals surface area contributed by atoms with Gasteiger partial charge in [-0.2, -0.15) is 0 Å². The van der Waals surface area contributed by atoms with Crippen LogP contribution >= 0.6 is 22.9 Å². The molecule has 1 heterocycles. The maximum atomic E-state index is 9.14. The van der Waals surface area contributed by atoms with Crippen molar-refractivity contribution in [2.75, 3.05) is 0 Å². The molecule has 0 amide bonds. The van der Waals surface area contributed by atoms with Crippen LogP contribution in [-0.4, -0.2) is 10.9 Å². The molecule has 0 aliphatic rings. The van der Waals surface area contributed by atoms with E-state index in [1.165, 1.54) is 0 Å². The zero-order valence-corrected chi connectivity index (χ0v) is 16.0. The highest BCUT2D eigenvalue weighted by molar-refractivity contribution is 7.10. The average Bonchev–Trinajstić information content (AvgIpc) is 3.22. The Morgan fingerprint density at radius 2 is 1.78 bits per heavy atom. The highest BCUT2D eigenvalue weighted by atomic mass is 35.5. The van der Waals surface area contributed by atoms with Gasteiger partial charge in [0.05, 0.1) is 0 Å². The molecule has 0 bridgehead atoms. The summed E-state index contributed by atoms with van der Waals surface area (Å²) in [5, 5.41) is 15.1. The van der Waals surface area contributed by atoms with Crippen LogP contribution in [0.5, 0.6) is 5.75 Å². The Morgan fingerprint density at radius 1 is 1.00 bits per heavy atom. The molecule has 0 saturated heterocycles. The topological polar surface area (TPSA) is 41.8 Å². The number of rotatable bonds is 7. The molecule has 2 aromatic carbocycles. The summed E-state index contributed by atoms with van der Waals surface area (Å²) in [6.45, 7) is 0.420. The lowest BCUT2D eigenvalue weighted by atomic mass is 10.2. The molecule has 0 fully saturated rings. The van der Waals surface area contributed by atoms with Crippen molar-refractivity contribution in [1.82, 2.24) is 0 Å². The highest BCUT2D eigenvalue weighted by Gasteiger charge is 2.00. The van der Waals surface area contributed by atoms with Crippen LogP contribution in [0.3, 0.4) is 0 Å². The Bertz CT molecular complexity index is 945. The molecule has 1 aromatic heterocycles. The van der Waals surface area contributed by atoms with E-state index in [0.717, 1.165) is 21.8 Å². The van der Waals surface area contributed by atoms with Crippen LogP contribution in [0, 0.1) is 0 Å². The van der Waals surface area contributed by atoms with Crippen molar-refractivity contribution >= 4 is 40.8 Å². The summed E-state index contributed by atoms with van der Waals surface area (Å²) in [6, 6.07) is 19.3. The third kappa shape index (κ3) is 5.84. The Kier molecular flexibility index (Phi) is 6.85. The normalized spacial score (nSPS) is 12.1. The minimum absolute atomic E-state index is 0.420. The molecule has 27 heavy (non-hydrogen) atoms. The largest absolute Gasteiger partial charge is 0.489 e. The van der Waals surface area contributed by atoms with Crippen molar-refractivity contribution in [2.24, 2.45) is 5.16 Å². The van der Waals surface area contributed by atoms with Crippen molar-refractivity contribution in [3.63, 3.8) is 0 Å². The lowest BCUT2D eigenvalue weighted by Gasteiger charge is -2.07. The third-order valence-corrected chi connectivity index (χ3v) is 4.96. The van der Waals surface area contributed by atoms with Gasteiger partial charge in [0.2, 0.25) is 0 Å². The summed E-state index contributed by atoms with van der Waals surface area (Å²) in [5.74, 6) is 0.765. The second-order valence-electron chi connectivity index (χ2n) is 5.66. The van der Waals surface area contributed by atoms with E-state index in [-0.39, 0.29) is 0 Å². The zero-order chi connectivity index (χ0) is 18.9. The van der Waals surface area contributed by atoms with E-state index in [9.17, 15) is 0 Å². The van der Waals surface area contributed by atoms with Gasteiger partial charge in [0.25, 0.3) is 0 Å². The number of halogens is 1. The minimum atomic E-state index is 0.420. The van der Waals surface area contributed by atoms with Gasteiger partial charge < -0.3 is 9.94 Å². The Labute approximate surface area is 167 Å². The summed E-state index contributed by atoms with van der Waals surface area (Å²) in [7, 11) is 0. The fraction of sp³-hybridized carbons (Fsp3) is 0.0455. The van der Waals surface area contributed by atoms with Gasteiger partial charge in [-0.25, -0.2) is 0 Å². The number of ether oxygens (including phenoxy) is 1. The predicted octanol–water partition coefficient (Wildman–Crippen LogP) is 6.54. The molecular formula is C22H18ClNO2S. The standard InChI is InChI=1S/C22H18ClNO2S/c23-22-6-2-1-4-18(22)16-26-20-12-8-17(9-13-20)7-10-19(24-25)11-14-21-5-3-15-27-21/h1-15,25H,16H2. The van der Waals surface area contributed by atoms with E-state index in [1.807, 2.05) is 78.2 Å². The molecule has 136 valence electrons. The fourth-order valence-corrected chi connectivity index (χ4v) is 3.12. The molecule has 3 rings (SSSR count). The molecule has 0 atom stereocenters. The predicted molar refractivity (Wildman–Crippen MR) is 114 cm³/mol. The van der Waals surface area contributed by atoms with Crippen molar-refractivity contribution < 1.29 is 9.94 Å². The van der Waals surface area contributed by atoms with E-state index in [1.54, 1.807) is 23.5 Å². The summed E-state index contributed by atoms with van der Waals surface area (Å²) >= 11 is 7.76. The molecule has 0 aliphatic carbocycles. The number of allylic oxidation sites excluding steroid dienone is 2. The van der Waals surface area contributed by atoms with Gasteiger partial charge in [-0.1, -0.05) is 59.2 Å². The average molecular weight is 396 g/mol. The smallest absolute Gasteiger partial charge is 0.119 e. The van der Waals surface area contributed by atoms with Crippen LogP contribution in [0.1, 0.15) is 16.0 Å². The molecule has 5 heteroatoms. The molecule has 0 unspecified atom stereocenters. The molecule has 3 nitrogen and oxygen atoms in total. The lowest BCUT2D eigenvalue weighted by Crippen LogP contribution is -1.95. The van der Waals surface area contributed by atoms with Gasteiger partial charge in [0.1, 0.15) is 18.1 Å².